The van der Waals surface area contributed by atoms with Crippen molar-refractivity contribution in [1.29, 1.82) is 0 Å². The first-order valence-electron chi connectivity index (χ1n) is 5.13. The lowest BCUT2D eigenvalue weighted by atomic mass is 9.91. The van der Waals surface area contributed by atoms with Gasteiger partial charge in [-0.3, -0.25) is 9.48 Å². The summed E-state index contributed by atoms with van der Waals surface area (Å²) in [5.74, 6) is 0.650. The largest absolute Gasteiger partial charge is 0.294 e. The summed E-state index contributed by atoms with van der Waals surface area (Å²) in [6.07, 6.45) is 3.48. The molecule has 0 saturated carbocycles. The predicted octanol–water partition coefficient (Wildman–Crippen LogP) is 2.38. The summed E-state index contributed by atoms with van der Waals surface area (Å²) in [4.78, 5) is 11.9. The topological polar surface area (TPSA) is 34.9 Å². The molecule has 3 heteroatoms. The van der Waals surface area contributed by atoms with E-state index in [2.05, 4.69) is 18.9 Å². The minimum absolute atomic E-state index is 0.0736. The summed E-state index contributed by atoms with van der Waals surface area (Å²) in [7, 11) is 0. The highest BCUT2D eigenvalue weighted by molar-refractivity contribution is 5.97. The van der Waals surface area contributed by atoms with Crippen LogP contribution in [-0.2, 0) is 6.54 Å². The molecule has 0 radical (unpaired) electrons. The Kier molecular flexibility index (Phi) is 3.44. The number of aromatic nitrogens is 2. The molecule has 1 unspecified atom stereocenters. The van der Waals surface area contributed by atoms with Gasteiger partial charge in [-0.05, 0) is 12.8 Å². The molecule has 1 aromatic heterocycles. The number of hydrogen-bond acceptors (Lipinski definition) is 2. The molecule has 14 heavy (non-hydrogen) atoms. The normalized spacial score (nSPS) is 13.2. The predicted molar refractivity (Wildman–Crippen MR) is 56.2 cm³/mol. The lowest BCUT2D eigenvalue weighted by Gasteiger charge is -2.12. The summed E-state index contributed by atoms with van der Waals surface area (Å²) < 4.78 is 1.78. The van der Waals surface area contributed by atoms with Crippen molar-refractivity contribution in [3.8, 4) is 0 Å². The summed E-state index contributed by atoms with van der Waals surface area (Å²) in [5.41, 5.74) is 0.730. The van der Waals surface area contributed by atoms with Gasteiger partial charge in [0.05, 0.1) is 11.8 Å². The molecule has 0 fully saturated rings. The van der Waals surface area contributed by atoms with Gasteiger partial charge in [-0.25, -0.2) is 0 Å². The number of carbonyl (C=O) groups is 1. The van der Waals surface area contributed by atoms with E-state index in [4.69, 9.17) is 0 Å². The Morgan fingerprint density at radius 3 is 2.57 bits per heavy atom. The van der Waals surface area contributed by atoms with Gasteiger partial charge in [0, 0.05) is 18.7 Å². The Morgan fingerprint density at radius 1 is 1.50 bits per heavy atom. The third kappa shape index (κ3) is 2.22. The van der Waals surface area contributed by atoms with Gasteiger partial charge in [0.1, 0.15) is 0 Å². The van der Waals surface area contributed by atoms with Crippen LogP contribution in [0.1, 0.15) is 38.1 Å². The van der Waals surface area contributed by atoms with Crippen molar-refractivity contribution in [1.82, 2.24) is 9.78 Å². The summed E-state index contributed by atoms with van der Waals surface area (Å²) in [6, 6.07) is 0. The SMILES string of the molecule is CCn1cc(C(=O)C(C)C(C)C)cn1. The first-order chi connectivity index (χ1) is 6.56. The zero-order valence-electron chi connectivity index (χ0n) is 9.32. The third-order valence-corrected chi connectivity index (χ3v) is 2.66. The van der Waals surface area contributed by atoms with E-state index in [-0.39, 0.29) is 11.7 Å². The third-order valence-electron chi connectivity index (χ3n) is 2.66. The molecule has 1 rings (SSSR count). The molecule has 0 aliphatic heterocycles. The second kappa shape index (κ2) is 4.40. The van der Waals surface area contributed by atoms with E-state index in [0.717, 1.165) is 12.1 Å². The first kappa shape index (κ1) is 11.0. The van der Waals surface area contributed by atoms with E-state index >= 15 is 0 Å². The molecule has 3 nitrogen and oxygen atoms in total. The van der Waals surface area contributed by atoms with E-state index in [0.29, 0.717) is 5.92 Å². The molecule has 0 aliphatic carbocycles. The van der Waals surface area contributed by atoms with Crippen LogP contribution in [0.15, 0.2) is 12.4 Å². The molecule has 1 atom stereocenters. The summed E-state index contributed by atoms with van der Waals surface area (Å²) in [6.45, 7) is 8.91. The number of nitrogens with zero attached hydrogens (tertiary/aromatic N) is 2. The Balaban J connectivity index is 2.79. The van der Waals surface area contributed by atoms with E-state index in [1.165, 1.54) is 0 Å². The average Bonchev–Trinajstić information content (AvgIpc) is 2.63. The zero-order valence-corrected chi connectivity index (χ0v) is 9.32. The molecular weight excluding hydrogens is 176 g/mol. The highest BCUT2D eigenvalue weighted by Crippen LogP contribution is 2.16. The number of Topliss-reactive ketones (excluding diaryl/α,β-unsaturated/α-hetero) is 1. The van der Waals surface area contributed by atoms with Crippen molar-refractivity contribution in [3.63, 3.8) is 0 Å². The maximum absolute atomic E-state index is 11.9. The van der Waals surface area contributed by atoms with Crippen LogP contribution in [0.3, 0.4) is 0 Å². The Labute approximate surface area is 85.1 Å². The fraction of sp³-hybridized carbons (Fsp3) is 0.636. The van der Waals surface area contributed by atoms with Crippen LogP contribution >= 0.6 is 0 Å². The summed E-state index contributed by atoms with van der Waals surface area (Å²) >= 11 is 0. The molecule has 0 aliphatic rings. The number of aryl methyl sites for hydroxylation is 1. The van der Waals surface area contributed by atoms with Crippen LogP contribution in [0.2, 0.25) is 0 Å². The molecule has 0 N–H and O–H groups in total. The van der Waals surface area contributed by atoms with Crippen molar-refractivity contribution >= 4 is 5.78 Å². The molecule has 78 valence electrons. The second-order valence-electron chi connectivity index (χ2n) is 3.98. The maximum atomic E-state index is 11.9. The lowest BCUT2D eigenvalue weighted by Crippen LogP contribution is -2.16. The van der Waals surface area contributed by atoms with Crippen LogP contribution in [0, 0.1) is 11.8 Å². The highest BCUT2D eigenvalue weighted by Gasteiger charge is 2.19. The number of ketones is 1. The van der Waals surface area contributed by atoms with Crippen LogP contribution in [0.4, 0.5) is 0 Å². The second-order valence-corrected chi connectivity index (χ2v) is 3.98. The maximum Gasteiger partial charge on any atom is 0.169 e. The standard InChI is InChI=1S/C11H18N2O/c1-5-13-7-10(6-12-13)11(14)9(4)8(2)3/h6-9H,5H2,1-4H3. The van der Waals surface area contributed by atoms with Crippen molar-refractivity contribution in [2.24, 2.45) is 11.8 Å². The zero-order chi connectivity index (χ0) is 10.7. The Hall–Kier alpha value is -1.12. The molecule has 0 bridgehead atoms. The first-order valence-corrected chi connectivity index (χ1v) is 5.13. The Bertz CT molecular complexity index is 315. The smallest absolute Gasteiger partial charge is 0.169 e. The average molecular weight is 194 g/mol. The monoisotopic (exact) mass is 194 g/mol. The highest BCUT2D eigenvalue weighted by atomic mass is 16.1. The van der Waals surface area contributed by atoms with Crippen LogP contribution < -0.4 is 0 Å². The molecule has 0 aromatic carbocycles. The van der Waals surface area contributed by atoms with Crippen LogP contribution in [0.25, 0.3) is 0 Å². The molecular formula is C11H18N2O. The van der Waals surface area contributed by atoms with E-state index < -0.39 is 0 Å². The van der Waals surface area contributed by atoms with Gasteiger partial charge in [0.25, 0.3) is 0 Å². The van der Waals surface area contributed by atoms with E-state index in [1.54, 1.807) is 10.9 Å². The number of hydrogen-bond donors (Lipinski definition) is 0. The van der Waals surface area contributed by atoms with Crippen molar-refractivity contribution in [2.45, 2.75) is 34.2 Å². The van der Waals surface area contributed by atoms with Gasteiger partial charge < -0.3 is 0 Å². The lowest BCUT2D eigenvalue weighted by molar-refractivity contribution is 0.0899. The van der Waals surface area contributed by atoms with Gasteiger partial charge in [0.15, 0.2) is 5.78 Å². The van der Waals surface area contributed by atoms with Gasteiger partial charge in [-0.1, -0.05) is 20.8 Å². The minimum atomic E-state index is 0.0736. The van der Waals surface area contributed by atoms with Gasteiger partial charge in [-0.15, -0.1) is 0 Å². The van der Waals surface area contributed by atoms with Crippen LogP contribution in [0.5, 0.6) is 0 Å². The molecule has 1 aromatic rings. The number of carbonyl (C=O) groups excluding carboxylic acids is 1. The quantitative estimate of drug-likeness (QED) is 0.690. The van der Waals surface area contributed by atoms with E-state index in [9.17, 15) is 4.79 Å². The van der Waals surface area contributed by atoms with Crippen molar-refractivity contribution in [3.05, 3.63) is 18.0 Å². The summed E-state index contributed by atoms with van der Waals surface area (Å²) in [5, 5.41) is 4.09. The Morgan fingerprint density at radius 2 is 2.14 bits per heavy atom. The van der Waals surface area contributed by atoms with Gasteiger partial charge in [0.2, 0.25) is 0 Å². The van der Waals surface area contributed by atoms with Crippen molar-refractivity contribution < 1.29 is 4.79 Å². The minimum Gasteiger partial charge on any atom is -0.294 e. The van der Waals surface area contributed by atoms with Gasteiger partial charge in [-0.2, -0.15) is 5.10 Å². The molecule has 0 amide bonds. The van der Waals surface area contributed by atoms with Crippen molar-refractivity contribution in [2.75, 3.05) is 0 Å². The number of rotatable bonds is 4. The molecule has 0 saturated heterocycles. The molecule has 0 spiro atoms. The van der Waals surface area contributed by atoms with Crippen LogP contribution in [-0.4, -0.2) is 15.6 Å². The van der Waals surface area contributed by atoms with Gasteiger partial charge >= 0.3 is 0 Å². The molecule has 1 heterocycles. The fourth-order valence-corrected chi connectivity index (χ4v) is 1.23. The van der Waals surface area contributed by atoms with E-state index in [1.807, 2.05) is 20.0 Å². The fourth-order valence-electron chi connectivity index (χ4n) is 1.23.